The van der Waals surface area contributed by atoms with Gasteiger partial charge in [0, 0.05) is 36.5 Å². The van der Waals surface area contributed by atoms with E-state index in [0.717, 1.165) is 51.3 Å². The van der Waals surface area contributed by atoms with Crippen LogP contribution in [0.4, 0.5) is 5.95 Å². The Labute approximate surface area is 144 Å². The van der Waals surface area contributed by atoms with Crippen LogP contribution in [0, 0.1) is 10.4 Å². The monoisotopic (exact) mass is 347 g/mol. The molecule has 3 heterocycles. The molecule has 0 saturated carbocycles. The Hall–Kier alpha value is -2.39. The number of morpholine rings is 1. The van der Waals surface area contributed by atoms with Crippen LogP contribution in [-0.2, 0) is 11.2 Å². The maximum absolute atomic E-state index is 12.5. The molecular weight excluding hydrogens is 326 g/mol. The first kappa shape index (κ1) is 16.1. The van der Waals surface area contributed by atoms with E-state index >= 15 is 0 Å². The lowest BCUT2D eigenvalue weighted by Gasteiger charge is -2.26. The van der Waals surface area contributed by atoms with E-state index in [2.05, 4.69) is 15.3 Å². The molecule has 4 rings (SSSR count). The lowest BCUT2D eigenvalue weighted by molar-refractivity contribution is -0.672. The van der Waals surface area contributed by atoms with Crippen molar-refractivity contribution < 1.29 is 19.0 Å². The van der Waals surface area contributed by atoms with Gasteiger partial charge in [-0.15, -0.1) is 0 Å². The van der Waals surface area contributed by atoms with Crippen LogP contribution in [0.15, 0.2) is 12.1 Å². The van der Waals surface area contributed by atoms with Gasteiger partial charge < -0.3 is 19.9 Å². The highest BCUT2D eigenvalue weighted by Gasteiger charge is 2.24. The number of fused-ring (bicyclic) bond motifs is 2. The van der Waals surface area contributed by atoms with E-state index in [-0.39, 0.29) is 11.5 Å². The predicted octanol–water partition coefficient (Wildman–Crippen LogP) is -0.429. The molecule has 25 heavy (non-hydrogen) atoms. The van der Waals surface area contributed by atoms with E-state index in [1.807, 2.05) is 0 Å². The average molecular weight is 347 g/mol. The van der Waals surface area contributed by atoms with Crippen molar-refractivity contribution in [2.45, 2.75) is 12.8 Å². The van der Waals surface area contributed by atoms with Gasteiger partial charge >= 0.3 is 11.5 Å². The highest BCUT2D eigenvalue weighted by atomic mass is 16.5. The molecule has 1 aromatic carbocycles. The normalized spacial score (nSPS) is 17.4. The van der Waals surface area contributed by atoms with E-state index in [0.29, 0.717) is 34.0 Å². The van der Waals surface area contributed by atoms with Crippen molar-refractivity contribution in [2.75, 3.05) is 51.3 Å². The fourth-order valence-electron chi connectivity index (χ4n) is 3.25. The first-order valence-electron chi connectivity index (χ1n) is 8.59. The molecule has 0 atom stereocenters. The minimum Gasteiger partial charge on any atom is -0.739 e. The molecule has 0 aliphatic carbocycles. The number of hydrogen-bond donors (Lipinski definition) is 1. The van der Waals surface area contributed by atoms with Gasteiger partial charge in [0.05, 0.1) is 32.4 Å². The van der Waals surface area contributed by atoms with Crippen LogP contribution in [0.1, 0.15) is 12.0 Å². The summed E-state index contributed by atoms with van der Waals surface area (Å²) in [5, 5.41) is 31.5. The molecule has 1 aromatic heterocycles. The van der Waals surface area contributed by atoms with Crippen molar-refractivity contribution in [2.24, 2.45) is 0 Å². The summed E-state index contributed by atoms with van der Waals surface area (Å²) in [7, 11) is 0. The van der Waals surface area contributed by atoms with Crippen LogP contribution in [0.5, 0.6) is 5.75 Å². The van der Waals surface area contributed by atoms with Crippen LogP contribution < -0.4 is 19.6 Å². The number of benzene rings is 1. The second-order valence-corrected chi connectivity index (χ2v) is 6.27. The number of anilines is 1. The lowest BCUT2D eigenvalue weighted by atomic mass is 10.1. The third-order valence-electron chi connectivity index (χ3n) is 4.63. The summed E-state index contributed by atoms with van der Waals surface area (Å²) in [6.07, 6.45) is 1.60. The lowest BCUT2D eigenvalue weighted by Crippen LogP contribution is -2.44. The maximum Gasteiger partial charge on any atom is 0.460 e. The summed E-state index contributed by atoms with van der Waals surface area (Å²) >= 11 is 0. The van der Waals surface area contributed by atoms with E-state index in [4.69, 9.17) is 9.47 Å². The van der Waals surface area contributed by atoms with Gasteiger partial charge in [0.15, 0.2) is 5.52 Å². The zero-order valence-corrected chi connectivity index (χ0v) is 13.9. The zero-order chi connectivity index (χ0) is 17.2. The molecule has 0 amide bonds. The molecule has 1 saturated heterocycles. The van der Waals surface area contributed by atoms with Crippen molar-refractivity contribution in [3.05, 3.63) is 28.1 Å². The summed E-state index contributed by atoms with van der Waals surface area (Å²) in [4.78, 5) is 2.80. The Kier molecular flexibility index (Phi) is 4.41. The molecule has 0 bridgehead atoms. The van der Waals surface area contributed by atoms with Crippen LogP contribution in [0.3, 0.4) is 0 Å². The Morgan fingerprint density at radius 2 is 2.00 bits per heavy atom. The largest absolute Gasteiger partial charge is 0.739 e. The molecule has 134 valence electrons. The third-order valence-corrected chi connectivity index (χ3v) is 4.63. The van der Waals surface area contributed by atoms with Gasteiger partial charge in [-0.1, -0.05) is 0 Å². The summed E-state index contributed by atoms with van der Waals surface area (Å²) in [6.45, 7) is 5.47. The summed E-state index contributed by atoms with van der Waals surface area (Å²) in [6, 6.07) is 3.31. The van der Waals surface area contributed by atoms with Crippen molar-refractivity contribution in [3.8, 4) is 5.75 Å². The van der Waals surface area contributed by atoms with E-state index < -0.39 is 0 Å². The molecule has 1 N–H and O–H groups in total. The van der Waals surface area contributed by atoms with Crippen molar-refractivity contribution in [1.82, 2.24) is 10.00 Å². The Bertz CT molecular complexity index is 779. The molecule has 9 heteroatoms. The van der Waals surface area contributed by atoms with Gasteiger partial charge in [0.2, 0.25) is 5.10 Å². The zero-order valence-electron chi connectivity index (χ0n) is 13.9. The number of ether oxygens (including phenoxy) is 2. The summed E-state index contributed by atoms with van der Waals surface area (Å²) in [5.74, 6) is 0.688. The second-order valence-electron chi connectivity index (χ2n) is 6.27. The standard InChI is InChI=1S/C16H21N5O4/c22-20-13-10-12-2-7-25-15(12)11-14(13)21(23)18-16(20)17-3-1-4-19-5-8-24-9-6-19/h10-11H,1-9H2,(H,17,18). The van der Waals surface area contributed by atoms with Gasteiger partial charge in [0.1, 0.15) is 5.75 Å². The smallest absolute Gasteiger partial charge is 0.460 e. The van der Waals surface area contributed by atoms with Crippen molar-refractivity contribution in [1.29, 1.82) is 0 Å². The maximum atomic E-state index is 12.5. The van der Waals surface area contributed by atoms with E-state index in [1.54, 1.807) is 12.1 Å². The molecule has 0 unspecified atom stereocenters. The van der Waals surface area contributed by atoms with Crippen LogP contribution in [0.2, 0.25) is 0 Å². The fourth-order valence-corrected chi connectivity index (χ4v) is 3.25. The molecule has 2 aromatic rings. The fraction of sp³-hybridized carbons (Fsp3) is 0.562. The quantitative estimate of drug-likeness (QED) is 0.445. The summed E-state index contributed by atoms with van der Waals surface area (Å²) < 4.78 is 11.5. The number of rotatable bonds is 5. The molecule has 2 aliphatic heterocycles. The minimum absolute atomic E-state index is 0.0309. The molecule has 1 fully saturated rings. The second kappa shape index (κ2) is 6.85. The first-order valence-corrected chi connectivity index (χ1v) is 8.59. The predicted molar refractivity (Wildman–Crippen MR) is 89.2 cm³/mol. The van der Waals surface area contributed by atoms with Crippen molar-refractivity contribution >= 4 is 17.0 Å². The van der Waals surface area contributed by atoms with Gasteiger partial charge in [-0.05, 0) is 12.5 Å². The van der Waals surface area contributed by atoms with Crippen LogP contribution in [-0.4, -0.2) is 56.0 Å². The van der Waals surface area contributed by atoms with Crippen LogP contribution in [0.25, 0.3) is 11.0 Å². The Balaban J connectivity index is 1.46. The van der Waals surface area contributed by atoms with Gasteiger partial charge in [0.25, 0.3) is 0 Å². The SMILES string of the molecule is [O-][n+]1nc(NCCCN2CCOCC2)[n+]([O-])c2cc3c(cc21)OCC3. The summed E-state index contributed by atoms with van der Waals surface area (Å²) in [5.41, 5.74) is 1.47. The minimum atomic E-state index is 0.0309. The molecule has 0 spiro atoms. The van der Waals surface area contributed by atoms with Crippen LogP contribution >= 0.6 is 0 Å². The first-order chi connectivity index (χ1) is 12.2. The average Bonchev–Trinajstić information content (AvgIpc) is 3.10. The number of aromatic nitrogens is 3. The van der Waals surface area contributed by atoms with Gasteiger partial charge in [-0.25, -0.2) is 4.73 Å². The highest BCUT2D eigenvalue weighted by molar-refractivity contribution is 5.72. The van der Waals surface area contributed by atoms with Crippen molar-refractivity contribution in [3.63, 3.8) is 0 Å². The molecule has 0 radical (unpaired) electrons. The highest BCUT2D eigenvalue weighted by Crippen LogP contribution is 2.27. The molecule has 2 aliphatic rings. The molecular formula is C16H21N5O4. The van der Waals surface area contributed by atoms with Gasteiger partial charge in [-0.3, -0.25) is 10.2 Å². The number of hydrogen-bond acceptors (Lipinski definition) is 7. The van der Waals surface area contributed by atoms with Gasteiger partial charge in [-0.2, -0.15) is 0 Å². The van der Waals surface area contributed by atoms with E-state index in [9.17, 15) is 10.4 Å². The number of nitrogens with one attached hydrogen (secondary N) is 1. The Morgan fingerprint density at radius 1 is 1.16 bits per heavy atom. The number of nitrogens with zero attached hydrogens (tertiary/aromatic N) is 4. The molecule has 9 nitrogen and oxygen atoms in total. The topological polar surface area (TPSA) is 100 Å². The third kappa shape index (κ3) is 3.24. The Morgan fingerprint density at radius 3 is 2.84 bits per heavy atom. The van der Waals surface area contributed by atoms with E-state index in [1.165, 1.54) is 0 Å².